The summed E-state index contributed by atoms with van der Waals surface area (Å²) in [7, 11) is 5.87. The predicted octanol–water partition coefficient (Wildman–Crippen LogP) is 0.302. The summed E-state index contributed by atoms with van der Waals surface area (Å²) >= 11 is 0. The van der Waals surface area contributed by atoms with Crippen LogP contribution in [-0.4, -0.2) is 69.9 Å². The van der Waals surface area contributed by atoms with E-state index in [0.717, 1.165) is 56.0 Å². The normalized spacial score (nSPS) is 15.9. The molecule has 2 aromatic heterocycles. The van der Waals surface area contributed by atoms with E-state index in [2.05, 4.69) is 35.9 Å². The van der Waals surface area contributed by atoms with Gasteiger partial charge < -0.3 is 9.80 Å². The van der Waals surface area contributed by atoms with Crippen molar-refractivity contribution in [3.8, 4) is 0 Å². The Morgan fingerprint density at radius 2 is 1.87 bits per heavy atom. The van der Waals surface area contributed by atoms with E-state index in [1.807, 2.05) is 37.6 Å². The number of piperazine rings is 1. The minimum Gasteiger partial charge on any atom is -0.354 e. The molecule has 0 unspecified atom stereocenters. The summed E-state index contributed by atoms with van der Waals surface area (Å²) in [6, 6.07) is 2.06. The minimum absolute atomic E-state index is 0.765. The summed E-state index contributed by atoms with van der Waals surface area (Å²) in [4.78, 5) is 20.1. The topological polar surface area (TPSA) is 66.2 Å². The first kappa shape index (κ1) is 15.7. The molecule has 23 heavy (non-hydrogen) atoms. The van der Waals surface area contributed by atoms with Crippen molar-refractivity contribution in [2.45, 2.75) is 13.5 Å². The van der Waals surface area contributed by atoms with Crippen molar-refractivity contribution in [3.63, 3.8) is 0 Å². The number of aromatic nitrogens is 5. The molecule has 1 aliphatic rings. The molecule has 3 rings (SSSR count). The van der Waals surface area contributed by atoms with Gasteiger partial charge in [-0.25, -0.2) is 9.97 Å². The maximum atomic E-state index is 4.67. The van der Waals surface area contributed by atoms with Gasteiger partial charge in [0, 0.05) is 59.1 Å². The molecule has 8 nitrogen and oxygen atoms in total. The van der Waals surface area contributed by atoms with Crippen molar-refractivity contribution < 1.29 is 0 Å². The Bertz CT molecular complexity index is 657. The molecule has 0 radical (unpaired) electrons. The van der Waals surface area contributed by atoms with Gasteiger partial charge in [-0.1, -0.05) is 0 Å². The van der Waals surface area contributed by atoms with Crippen LogP contribution >= 0.6 is 0 Å². The molecule has 1 saturated heterocycles. The second kappa shape index (κ2) is 6.49. The van der Waals surface area contributed by atoms with Crippen molar-refractivity contribution in [1.29, 1.82) is 0 Å². The molecule has 8 heteroatoms. The molecular weight excluding hydrogens is 292 g/mol. The Morgan fingerprint density at radius 1 is 1.13 bits per heavy atom. The number of rotatable bonds is 4. The zero-order chi connectivity index (χ0) is 16.4. The van der Waals surface area contributed by atoms with E-state index >= 15 is 0 Å². The van der Waals surface area contributed by atoms with Gasteiger partial charge in [-0.15, -0.1) is 0 Å². The highest BCUT2D eigenvalue weighted by atomic mass is 15.4. The first-order chi connectivity index (χ1) is 11.0. The van der Waals surface area contributed by atoms with E-state index in [-0.39, 0.29) is 0 Å². The van der Waals surface area contributed by atoms with Crippen LogP contribution in [0.1, 0.15) is 11.5 Å². The molecule has 0 atom stereocenters. The van der Waals surface area contributed by atoms with Gasteiger partial charge in [0.1, 0.15) is 18.0 Å². The van der Waals surface area contributed by atoms with Crippen molar-refractivity contribution in [2.75, 3.05) is 50.1 Å². The Hall–Kier alpha value is -2.22. The smallest absolute Gasteiger partial charge is 0.226 e. The van der Waals surface area contributed by atoms with Crippen LogP contribution in [0.5, 0.6) is 0 Å². The molecule has 124 valence electrons. The van der Waals surface area contributed by atoms with Crippen LogP contribution in [0.15, 0.2) is 12.4 Å². The summed E-state index contributed by atoms with van der Waals surface area (Å²) in [5, 5.41) is 4.13. The Labute approximate surface area is 136 Å². The molecule has 0 saturated carbocycles. The lowest BCUT2D eigenvalue weighted by Crippen LogP contribution is -2.46. The van der Waals surface area contributed by atoms with Crippen LogP contribution < -0.4 is 9.80 Å². The molecule has 0 aliphatic carbocycles. The van der Waals surface area contributed by atoms with Crippen molar-refractivity contribution in [1.82, 2.24) is 29.6 Å². The molecule has 1 fully saturated rings. The maximum absolute atomic E-state index is 4.67. The summed E-state index contributed by atoms with van der Waals surface area (Å²) in [5.41, 5.74) is 1.00. The fourth-order valence-corrected chi connectivity index (χ4v) is 2.70. The van der Waals surface area contributed by atoms with Gasteiger partial charge in [-0.2, -0.15) is 10.1 Å². The van der Waals surface area contributed by atoms with Crippen LogP contribution in [0, 0.1) is 6.92 Å². The highest BCUT2D eigenvalue weighted by molar-refractivity contribution is 5.45. The summed E-state index contributed by atoms with van der Waals surface area (Å²) in [6.07, 6.45) is 1.61. The molecule has 2 aromatic rings. The monoisotopic (exact) mass is 316 g/mol. The minimum atomic E-state index is 0.765. The highest BCUT2D eigenvalue weighted by Crippen LogP contribution is 2.18. The number of hydrogen-bond acceptors (Lipinski definition) is 7. The second-order valence-electron chi connectivity index (χ2n) is 6.13. The Balaban J connectivity index is 1.64. The van der Waals surface area contributed by atoms with Crippen LogP contribution in [-0.2, 0) is 13.6 Å². The van der Waals surface area contributed by atoms with Crippen LogP contribution in [0.2, 0.25) is 0 Å². The third-order valence-electron chi connectivity index (χ3n) is 4.10. The molecule has 0 aromatic carbocycles. The number of nitrogens with zero attached hydrogens (tertiary/aromatic N) is 8. The fraction of sp³-hybridized carbons (Fsp3) is 0.600. The summed E-state index contributed by atoms with van der Waals surface area (Å²) < 4.78 is 1.84. The number of hydrogen-bond donors (Lipinski definition) is 0. The molecule has 0 bridgehead atoms. The quantitative estimate of drug-likeness (QED) is 0.804. The zero-order valence-corrected chi connectivity index (χ0v) is 14.3. The molecule has 0 spiro atoms. The predicted molar refractivity (Wildman–Crippen MR) is 89.6 cm³/mol. The van der Waals surface area contributed by atoms with Gasteiger partial charge >= 0.3 is 0 Å². The van der Waals surface area contributed by atoms with E-state index in [0.29, 0.717) is 0 Å². The van der Waals surface area contributed by atoms with Crippen LogP contribution in [0.3, 0.4) is 0 Å². The van der Waals surface area contributed by atoms with Crippen molar-refractivity contribution >= 4 is 11.8 Å². The largest absolute Gasteiger partial charge is 0.354 e. The lowest BCUT2D eigenvalue weighted by atomic mass is 10.3. The van der Waals surface area contributed by atoms with E-state index < -0.39 is 0 Å². The molecule has 1 aliphatic heterocycles. The van der Waals surface area contributed by atoms with Gasteiger partial charge in [-0.05, 0) is 6.92 Å². The SMILES string of the molecule is Cc1cc(N2CCN(Cc3ncnn3C)CC2)nc(N(C)C)n1. The number of aryl methyl sites for hydroxylation is 2. The molecule has 3 heterocycles. The standard InChI is InChI=1S/C15H24N8/c1-12-9-13(19-15(18-12)20(2)3)23-7-5-22(6-8-23)10-14-16-11-17-21(14)4/h9,11H,5-8,10H2,1-4H3. The lowest BCUT2D eigenvalue weighted by Gasteiger charge is -2.35. The van der Waals surface area contributed by atoms with Crippen molar-refractivity contribution in [3.05, 3.63) is 23.9 Å². The lowest BCUT2D eigenvalue weighted by molar-refractivity contribution is 0.240. The van der Waals surface area contributed by atoms with Crippen molar-refractivity contribution in [2.24, 2.45) is 7.05 Å². The molecule has 0 amide bonds. The van der Waals surface area contributed by atoms with E-state index in [1.165, 1.54) is 0 Å². The average molecular weight is 316 g/mol. The van der Waals surface area contributed by atoms with Crippen LogP contribution in [0.25, 0.3) is 0 Å². The summed E-state index contributed by atoms with van der Waals surface area (Å²) in [6.45, 7) is 6.77. The van der Waals surface area contributed by atoms with E-state index in [9.17, 15) is 0 Å². The molecule has 0 N–H and O–H groups in total. The third kappa shape index (κ3) is 3.58. The van der Waals surface area contributed by atoms with E-state index in [4.69, 9.17) is 0 Å². The molecular formula is C15H24N8. The van der Waals surface area contributed by atoms with Crippen LogP contribution in [0.4, 0.5) is 11.8 Å². The number of anilines is 2. The van der Waals surface area contributed by atoms with Gasteiger partial charge in [0.2, 0.25) is 5.95 Å². The average Bonchev–Trinajstić information content (AvgIpc) is 2.92. The first-order valence-corrected chi connectivity index (χ1v) is 7.86. The van der Waals surface area contributed by atoms with Gasteiger partial charge in [0.05, 0.1) is 6.54 Å². The summed E-state index contributed by atoms with van der Waals surface area (Å²) in [5.74, 6) is 2.78. The first-order valence-electron chi connectivity index (χ1n) is 7.86. The Morgan fingerprint density at radius 3 is 2.48 bits per heavy atom. The third-order valence-corrected chi connectivity index (χ3v) is 4.10. The van der Waals surface area contributed by atoms with Gasteiger partial charge in [0.15, 0.2) is 0 Å². The second-order valence-corrected chi connectivity index (χ2v) is 6.13. The highest BCUT2D eigenvalue weighted by Gasteiger charge is 2.20. The zero-order valence-electron chi connectivity index (χ0n) is 14.3. The Kier molecular flexibility index (Phi) is 4.42. The van der Waals surface area contributed by atoms with Gasteiger partial charge in [0.25, 0.3) is 0 Å². The fourth-order valence-electron chi connectivity index (χ4n) is 2.70. The van der Waals surface area contributed by atoms with E-state index in [1.54, 1.807) is 6.33 Å². The van der Waals surface area contributed by atoms with Gasteiger partial charge in [-0.3, -0.25) is 9.58 Å². The maximum Gasteiger partial charge on any atom is 0.226 e.